The zero-order chi connectivity index (χ0) is 20.1. The van der Waals surface area contributed by atoms with E-state index in [1.807, 2.05) is 30.3 Å². The largest absolute Gasteiger partial charge is 0.480 e. The zero-order valence-electron chi connectivity index (χ0n) is 15.4. The Morgan fingerprint density at radius 3 is 2.43 bits per heavy atom. The van der Waals surface area contributed by atoms with Crippen LogP contribution in [0.5, 0.6) is 5.88 Å². The number of aromatic nitrogens is 2. The molecule has 0 aliphatic carbocycles. The van der Waals surface area contributed by atoms with Gasteiger partial charge in [-0.05, 0) is 23.3 Å². The molecule has 2 aromatic carbocycles. The van der Waals surface area contributed by atoms with Crippen LogP contribution in [0.3, 0.4) is 0 Å². The summed E-state index contributed by atoms with van der Waals surface area (Å²) in [6, 6.07) is 15.2. The van der Waals surface area contributed by atoms with Crippen LogP contribution < -0.4 is 10.1 Å². The van der Waals surface area contributed by atoms with Gasteiger partial charge in [-0.3, -0.25) is 9.78 Å². The smallest absolute Gasteiger partial charge is 0.272 e. The van der Waals surface area contributed by atoms with Crippen LogP contribution in [0.25, 0.3) is 0 Å². The highest BCUT2D eigenvalue weighted by Crippen LogP contribution is 2.25. The van der Waals surface area contributed by atoms with Gasteiger partial charge in [0.1, 0.15) is 5.69 Å². The van der Waals surface area contributed by atoms with Gasteiger partial charge >= 0.3 is 0 Å². The Labute approximate surface area is 163 Å². The summed E-state index contributed by atoms with van der Waals surface area (Å²) in [6.07, 6.45) is 3.89. The maximum atomic E-state index is 12.8. The van der Waals surface area contributed by atoms with Crippen molar-refractivity contribution in [3.8, 4) is 5.88 Å². The van der Waals surface area contributed by atoms with E-state index in [9.17, 15) is 13.2 Å². The van der Waals surface area contributed by atoms with Crippen molar-refractivity contribution in [2.75, 3.05) is 13.4 Å². The van der Waals surface area contributed by atoms with Crippen LogP contribution in [0.1, 0.15) is 27.7 Å². The van der Waals surface area contributed by atoms with Gasteiger partial charge in [0.25, 0.3) is 5.91 Å². The fourth-order valence-corrected chi connectivity index (χ4v) is 3.37. The second-order valence-corrected chi connectivity index (χ2v) is 8.12. The highest BCUT2D eigenvalue weighted by Gasteiger charge is 2.20. The van der Waals surface area contributed by atoms with E-state index in [1.54, 1.807) is 18.2 Å². The van der Waals surface area contributed by atoms with Gasteiger partial charge in [-0.1, -0.05) is 42.5 Å². The Morgan fingerprint density at radius 1 is 1.04 bits per heavy atom. The van der Waals surface area contributed by atoms with Crippen molar-refractivity contribution in [2.24, 2.45) is 0 Å². The molecule has 1 atom stereocenters. The molecular weight excluding hydrogens is 378 g/mol. The molecule has 1 heterocycles. The first-order valence-corrected chi connectivity index (χ1v) is 10.3. The van der Waals surface area contributed by atoms with Gasteiger partial charge < -0.3 is 10.1 Å². The van der Waals surface area contributed by atoms with Gasteiger partial charge in [-0.15, -0.1) is 0 Å². The Morgan fingerprint density at radius 2 is 1.75 bits per heavy atom. The van der Waals surface area contributed by atoms with Gasteiger partial charge in [-0.25, -0.2) is 13.4 Å². The number of hydrogen-bond acceptors (Lipinski definition) is 6. The molecule has 28 heavy (non-hydrogen) atoms. The lowest BCUT2D eigenvalue weighted by atomic mass is 9.98. The Balaban J connectivity index is 2.00. The average Bonchev–Trinajstić information content (AvgIpc) is 2.72. The summed E-state index contributed by atoms with van der Waals surface area (Å²) >= 11 is 0. The van der Waals surface area contributed by atoms with Gasteiger partial charge in [0, 0.05) is 6.26 Å². The number of methoxy groups -OCH3 is 1. The van der Waals surface area contributed by atoms with E-state index in [2.05, 4.69) is 15.3 Å². The van der Waals surface area contributed by atoms with Crippen molar-refractivity contribution in [3.63, 3.8) is 0 Å². The molecule has 1 amide bonds. The number of nitrogens with zero attached hydrogens (tertiary/aromatic N) is 2. The first-order valence-electron chi connectivity index (χ1n) is 8.40. The molecule has 0 radical (unpaired) electrons. The summed E-state index contributed by atoms with van der Waals surface area (Å²) in [5.74, 6) is -0.229. The zero-order valence-corrected chi connectivity index (χ0v) is 16.2. The quantitative estimate of drug-likeness (QED) is 0.686. The summed E-state index contributed by atoms with van der Waals surface area (Å²) in [6.45, 7) is 0. The summed E-state index contributed by atoms with van der Waals surface area (Å²) in [5.41, 5.74) is 1.54. The Bertz CT molecular complexity index is 1090. The topological polar surface area (TPSA) is 98.2 Å². The number of sulfone groups is 1. The van der Waals surface area contributed by atoms with Gasteiger partial charge in [0.05, 0.1) is 30.4 Å². The van der Waals surface area contributed by atoms with Gasteiger partial charge in [0.15, 0.2) is 9.84 Å². The van der Waals surface area contributed by atoms with Crippen molar-refractivity contribution < 1.29 is 17.9 Å². The number of nitrogens with one attached hydrogen (secondary N) is 1. The SMILES string of the molecule is COc1cncc(C(=O)NC(c2ccccc2)c2cccc(S(C)(=O)=O)c2)n1. The Kier molecular flexibility index (Phi) is 5.70. The standard InChI is InChI=1S/C20H19N3O4S/c1-27-18-13-21-12-17(22-18)20(24)23-19(14-7-4-3-5-8-14)15-9-6-10-16(11-15)28(2,25)26/h3-13,19H,1-2H3,(H,23,24). The highest BCUT2D eigenvalue weighted by molar-refractivity contribution is 7.90. The second-order valence-electron chi connectivity index (χ2n) is 6.11. The lowest BCUT2D eigenvalue weighted by molar-refractivity contribution is 0.0936. The fraction of sp³-hybridized carbons (Fsp3) is 0.150. The maximum absolute atomic E-state index is 12.8. The van der Waals surface area contributed by atoms with Crippen LogP contribution in [-0.2, 0) is 9.84 Å². The molecule has 0 saturated carbocycles. The van der Waals surface area contributed by atoms with E-state index in [-0.39, 0.29) is 16.5 Å². The molecule has 0 aliphatic heterocycles. The van der Waals surface area contributed by atoms with Crippen LogP contribution in [0.2, 0.25) is 0 Å². The molecule has 0 fully saturated rings. The molecule has 1 N–H and O–H groups in total. The highest BCUT2D eigenvalue weighted by atomic mass is 32.2. The van der Waals surface area contributed by atoms with Gasteiger partial charge in [-0.2, -0.15) is 0 Å². The van der Waals surface area contributed by atoms with Crippen LogP contribution in [-0.4, -0.2) is 37.7 Å². The molecule has 0 saturated heterocycles. The van der Waals surface area contributed by atoms with Crippen LogP contribution in [0.15, 0.2) is 71.9 Å². The van der Waals surface area contributed by atoms with E-state index >= 15 is 0 Å². The van der Waals surface area contributed by atoms with Crippen molar-refractivity contribution in [1.29, 1.82) is 0 Å². The van der Waals surface area contributed by atoms with Crippen LogP contribution >= 0.6 is 0 Å². The third-order valence-corrected chi connectivity index (χ3v) is 5.19. The number of carbonyl (C=O) groups is 1. The number of carbonyl (C=O) groups excluding carboxylic acids is 1. The first-order chi connectivity index (χ1) is 13.4. The molecule has 3 rings (SSSR count). The first kappa shape index (κ1) is 19.5. The van der Waals surface area contributed by atoms with E-state index in [1.165, 1.54) is 25.6 Å². The number of hydrogen-bond donors (Lipinski definition) is 1. The van der Waals surface area contributed by atoms with Crippen LogP contribution in [0.4, 0.5) is 0 Å². The van der Waals surface area contributed by atoms with Gasteiger partial charge in [0.2, 0.25) is 5.88 Å². The van der Waals surface area contributed by atoms with Crippen molar-refractivity contribution in [1.82, 2.24) is 15.3 Å². The molecule has 1 unspecified atom stereocenters. The fourth-order valence-electron chi connectivity index (χ4n) is 2.69. The van der Waals surface area contributed by atoms with Crippen molar-refractivity contribution >= 4 is 15.7 Å². The third-order valence-electron chi connectivity index (χ3n) is 4.08. The number of amides is 1. The summed E-state index contributed by atoms with van der Waals surface area (Å²) in [5, 5.41) is 2.90. The molecule has 0 aliphatic rings. The minimum Gasteiger partial charge on any atom is -0.480 e. The third kappa shape index (κ3) is 4.52. The summed E-state index contributed by atoms with van der Waals surface area (Å²) in [4.78, 5) is 21.0. The van der Waals surface area contributed by atoms with E-state index in [0.717, 1.165) is 11.8 Å². The molecule has 144 valence electrons. The average molecular weight is 397 g/mol. The number of benzene rings is 2. The molecule has 8 heteroatoms. The molecule has 0 bridgehead atoms. The monoisotopic (exact) mass is 397 g/mol. The lowest BCUT2D eigenvalue weighted by Crippen LogP contribution is -2.30. The minimum absolute atomic E-state index is 0.0968. The second kappa shape index (κ2) is 8.18. The summed E-state index contributed by atoms with van der Waals surface area (Å²) < 4.78 is 28.9. The molecule has 0 spiro atoms. The minimum atomic E-state index is -3.38. The normalized spacial score (nSPS) is 12.2. The molecule has 7 nitrogen and oxygen atoms in total. The van der Waals surface area contributed by atoms with Crippen molar-refractivity contribution in [2.45, 2.75) is 10.9 Å². The van der Waals surface area contributed by atoms with E-state index in [4.69, 9.17) is 4.74 Å². The maximum Gasteiger partial charge on any atom is 0.272 e. The number of rotatable bonds is 6. The predicted octanol–water partition coefficient (Wildman–Crippen LogP) is 2.41. The van der Waals surface area contributed by atoms with E-state index < -0.39 is 21.8 Å². The molecule has 1 aromatic heterocycles. The predicted molar refractivity (Wildman–Crippen MR) is 104 cm³/mol. The van der Waals surface area contributed by atoms with Crippen molar-refractivity contribution in [3.05, 3.63) is 83.8 Å². The number of ether oxygens (including phenoxy) is 1. The molecular formula is C20H19N3O4S. The Hall–Kier alpha value is -3.26. The molecule has 3 aromatic rings. The lowest BCUT2D eigenvalue weighted by Gasteiger charge is -2.20. The van der Waals surface area contributed by atoms with Crippen LogP contribution in [0, 0.1) is 0 Å². The summed E-state index contributed by atoms with van der Waals surface area (Å²) in [7, 11) is -1.94. The van der Waals surface area contributed by atoms with E-state index in [0.29, 0.717) is 5.56 Å².